The lowest BCUT2D eigenvalue weighted by molar-refractivity contribution is -0.115. The van der Waals surface area contributed by atoms with E-state index in [0.29, 0.717) is 28.6 Å². The van der Waals surface area contributed by atoms with Crippen LogP contribution in [0.5, 0.6) is 0 Å². The molecule has 2 heterocycles. The van der Waals surface area contributed by atoms with Gasteiger partial charge in [-0.3, -0.25) is 14.9 Å². The van der Waals surface area contributed by atoms with Crippen molar-refractivity contribution < 1.29 is 9.59 Å². The summed E-state index contributed by atoms with van der Waals surface area (Å²) < 4.78 is 0. The topological polar surface area (TPSA) is 96.0 Å². The van der Waals surface area contributed by atoms with Gasteiger partial charge in [0.25, 0.3) is 11.1 Å². The molecule has 7 nitrogen and oxygen atoms in total. The number of hydrogen-bond donors (Lipinski definition) is 3. The Morgan fingerprint density at radius 3 is 2.57 bits per heavy atom. The molecule has 1 aliphatic carbocycles. The van der Waals surface area contributed by atoms with Crippen molar-refractivity contribution in [3.8, 4) is 0 Å². The molecule has 1 aromatic heterocycles. The van der Waals surface area contributed by atoms with E-state index in [4.69, 9.17) is 0 Å². The van der Waals surface area contributed by atoms with Gasteiger partial charge >= 0.3 is 0 Å². The second-order valence-electron chi connectivity index (χ2n) is 7.54. The first-order valence-corrected chi connectivity index (χ1v) is 11.1. The third-order valence-corrected chi connectivity index (χ3v) is 6.16. The van der Waals surface area contributed by atoms with Gasteiger partial charge in [0, 0.05) is 18.3 Å². The molecule has 1 saturated heterocycles. The van der Waals surface area contributed by atoms with E-state index in [0.717, 1.165) is 50.4 Å². The predicted octanol–water partition coefficient (Wildman–Crippen LogP) is 3.36. The number of thioether (sulfide) groups is 1. The van der Waals surface area contributed by atoms with Crippen molar-refractivity contribution in [2.24, 2.45) is 0 Å². The number of carbonyl (C=O) groups is 2. The third-order valence-electron chi connectivity index (χ3n) is 5.35. The summed E-state index contributed by atoms with van der Waals surface area (Å²) in [4.78, 5) is 32.1. The van der Waals surface area contributed by atoms with E-state index in [9.17, 15) is 9.59 Å². The molecule has 0 atom stereocenters. The van der Waals surface area contributed by atoms with Gasteiger partial charge in [0.2, 0.25) is 5.95 Å². The van der Waals surface area contributed by atoms with Crippen molar-refractivity contribution in [2.45, 2.75) is 44.2 Å². The molecule has 30 heavy (non-hydrogen) atoms. The van der Waals surface area contributed by atoms with Gasteiger partial charge in [-0.05, 0) is 68.1 Å². The van der Waals surface area contributed by atoms with Crippen LogP contribution in [-0.4, -0.2) is 39.7 Å². The average Bonchev–Trinajstić information content (AvgIpc) is 3.07. The van der Waals surface area contributed by atoms with Crippen molar-refractivity contribution in [3.05, 3.63) is 58.8 Å². The number of imide groups is 1. The van der Waals surface area contributed by atoms with Gasteiger partial charge in [-0.25, -0.2) is 9.97 Å². The van der Waals surface area contributed by atoms with Gasteiger partial charge < -0.3 is 10.6 Å². The lowest BCUT2D eigenvalue weighted by atomic mass is 9.91. The number of benzene rings is 1. The minimum Gasteiger partial charge on any atom is -0.351 e. The molecule has 2 aromatic rings. The van der Waals surface area contributed by atoms with E-state index < -0.39 is 0 Å². The van der Waals surface area contributed by atoms with Crippen LogP contribution in [0.15, 0.2) is 47.5 Å². The molecule has 2 amide bonds. The normalized spacial score (nSPS) is 22.9. The number of rotatable bonds is 7. The maximum absolute atomic E-state index is 11.7. The van der Waals surface area contributed by atoms with E-state index in [-0.39, 0.29) is 11.1 Å². The highest BCUT2D eigenvalue weighted by molar-refractivity contribution is 8.18. The van der Waals surface area contributed by atoms with E-state index in [1.54, 1.807) is 18.3 Å². The third kappa shape index (κ3) is 5.67. The van der Waals surface area contributed by atoms with Crippen LogP contribution in [0.25, 0.3) is 6.08 Å². The van der Waals surface area contributed by atoms with Crippen LogP contribution in [0.2, 0.25) is 0 Å². The molecule has 1 saturated carbocycles. The Labute approximate surface area is 180 Å². The van der Waals surface area contributed by atoms with Gasteiger partial charge in [-0.1, -0.05) is 30.3 Å². The Balaban J connectivity index is 1.24. The number of nitrogens with one attached hydrogen (secondary N) is 3. The van der Waals surface area contributed by atoms with Crippen LogP contribution in [0.1, 0.15) is 36.9 Å². The molecule has 8 heteroatoms. The van der Waals surface area contributed by atoms with E-state index >= 15 is 0 Å². The molecule has 0 unspecified atom stereocenters. The first-order chi connectivity index (χ1) is 14.7. The summed E-state index contributed by atoms with van der Waals surface area (Å²) in [6, 6.07) is 13.2. The van der Waals surface area contributed by atoms with Crippen LogP contribution in [0.4, 0.5) is 10.7 Å². The van der Waals surface area contributed by atoms with E-state index in [1.165, 1.54) is 5.56 Å². The molecule has 0 spiro atoms. The van der Waals surface area contributed by atoms with Gasteiger partial charge in [-0.2, -0.15) is 0 Å². The maximum Gasteiger partial charge on any atom is 0.290 e. The quantitative estimate of drug-likeness (QED) is 0.588. The van der Waals surface area contributed by atoms with Crippen molar-refractivity contribution in [2.75, 3.05) is 11.9 Å². The van der Waals surface area contributed by atoms with Gasteiger partial charge in [0.15, 0.2) is 0 Å². The summed E-state index contributed by atoms with van der Waals surface area (Å²) in [7, 11) is 0. The summed E-state index contributed by atoms with van der Waals surface area (Å²) in [5.41, 5.74) is 1.97. The molecule has 1 aliphatic heterocycles. The highest BCUT2D eigenvalue weighted by Gasteiger charge is 2.25. The highest BCUT2D eigenvalue weighted by Crippen LogP contribution is 2.25. The molecule has 4 rings (SSSR count). The van der Waals surface area contributed by atoms with Crippen LogP contribution < -0.4 is 16.0 Å². The second-order valence-corrected chi connectivity index (χ2v) is 8.55. The number of amides is 2. The fourth-order valence-corrected chi connectivity index (χ4v) is 4.43. The van der Waals surface area contributed by atoms with Crippen molar-refractivity contribution >= 4 is 34.9 Å². The first kappa shape index (κ1) is 20.6. The molecular formula is C22H25N5O2S. The van der Waals surface area contributed by atoms with Crippen LogP contribution in [0.3, 0.4) is 0 Å². The minimum atomic E-state index is -0.379. The predicted molar refractivity (Wildman–Crippen MR) is 119 cm³/mol. The number of aromatic nitrogens is 2. The fraction of sp³-hybridized carbons (Fsp3) is 0.364. The highest BCUT2D eigenvalue weighted by atomic mass is 32.2. The zero-order valence-electron chi connectivity index (χ0n) is 16.6. The largest absolute Gasteiger partial charge is 0.351 e. The minimum absolute atomic E-state index is 0.339. The van der Waals surface area contributed by atoms with Gasteiger partial charge in [-0.15, -0.1) is 0 Å². The molecule has 2 aliphatic rings. The van der Waals surface area contributed by atoms with Crippen molar-refractivity contribution in [1.82, 2.24) is 20.6 Å². The summed E-state index contributed by atoms with van der Waals surface area (Å²) in [6.07, 6.45) is 8.69. The van der Waals surface area contributed by atoms with Crippen molar-refractivity contribution in [1.29, 1.82) is 0 Å². The summed E-state index contributed by atoms with van der Waals surface area (Å²) in [5.74, 6) is 0.177. The summed E-state index contributed by atoms with van der Waals surface area (Å²) >= 11 is 0.889. The molecule has 3 N–H and O–H groups in total. The Bertz CT molecular complexity index is 926. The first-order valence-electron chi connectivity index (χ1n) is 10.3. The maximum atomic E-state index is 11.7. The Hall–Kier alpha value is -2.71. The number of hydrogen-bond acceptors (Lipinski definition) is 7. The number of nitrogens with zero attached hydrogens (tertiary/aromatic N) is 2. The Morgan fingerprint density at radius 1 is 1.07 bits per heavy atom. The van der Waals surface area contributed by atoms with Gasteiger partial charge in [0.05, 0.1) is 10.6 Å². The SMILES string of the molecule is O=C1NC(=O)/C(=C\c2ccnc(NC3CCC(NCCc4ccccc4)CC3)n2)S1. The number of carbonyl (C=O) groups excluding carboxylic acids is 2. The van der Waals surface area contributed by atoms with Crippen LogP contribution >= 0.6 is 11.8 Å². The van der Waals surface area contributed by atoms with Crippen LogP contribution in [-0.2, 0) is 11.2 Å². The zero-order chi connectivity index (χ0) is 20.8. The zero-order valence-corrected chi connectivity index (χ0v) is 17.5. The van der Waals surface area contributed by atoms with E-state index in [2.05, 4.69) is 50.2 Å². The summed E-state index contributed by atoms with van der Waals surface area (Å²) in [6.45, 7) is 1.00. The molecular weight excluding hydrogens is 398 g/mol. The molecule has 0 bridgehead atoms. The lowest BCUT2D eigenvalue weighted by Gasteiger charge is -2.29. The molecule has 156 valence electrons. The summed E-state index contributed by atoms with van der Waals surface area (Å²) in [5, 5.41) is 8.99. The molecule has 0 radical (unpaired) electrons. The Kier molecular flexibility index (Phi) is 6.76. The van der Waals surface area contributed by atoms with Crippen molar-refractivity contribution in [3.63, 3.8) is 0 Å². The lowest BCUT2D eigenvalue weighted by Crippen LogP contribution is -2.38. The standard InChI is InChI=1S/C22H25N5O2S/c28-20-19(30-22(29)27-20)14-18-11-13-24-21(26-18)25-17-8-6-16(7-9-17)23-12-10-15-4-2-1-3-5-15/h1-5,11,13-14,16-17,23H,6-10,12H2,(H,24,25,26)(H,27,28,29)/b19-14+. The average molecular weight is 424 g/mol. The monoisotopic (exact) mass is 423 g/mol. The second kappa shape index (κ2) is 9.86. The molecule has 1 aromatic carbocycles. The fourth-order valence-electron chi connectivity index (χ4n) is 3.77. The Morgan fingerprint density at radius 2 is 1.83 bits per heavy atom. The number of anilines is 1. The van der Waals surface area contributed by atoms with Gasteiger partial charge in [0.1, 0.15) is 0 Å². The van der Waals surface area contributed by atoms with Crippen LogP contribution in [0, 0.1) is 0 Å². The smallest absolute Gasteiger partial charge is 0.290 e. The molecule has 2 fully saturated rings. The van der Waals surface area contributed by atoms with E-state index in [1.807, 2.05) is 6.07 Å².